The van der Waals surface area contributed by atoms with Crippen LogP contribution in [-0.2, 0) is 4.79 Å². The molecule has 0 radical (unpaired) electrons. The number of carbonyl (C=O) groups excluding carboxylic acids is 1. The molecule has 1 amide bonds. The summed E-state index contributed by atoms with van der Waals surface area (Å²) in [5.41, 5.74) is 6.33. The summed E-state index contributed by atoms with van der Waals surface area (Å²) in [4.78, 5) is 14.1. The Morgan fingerprint density at radius 1 is 1.33 bits per heavy atom. The number of carbonyl (C=O) groups is 1. The number of nitrogens with zero attached hydrogens (tertiary/aromatic N) is 1. The minimum atomic E-state index is 0.0668. The molecule has 106 valence electrons. The molecule has 0 saturated carbocycles. The van der Waals surface area contributed by atoms with Gasteiger partial charge in [-0.05, 0) is 52.4 Å². The van der Waals surface area contributed by atoms with Gasteiger partial charge in [-0.15, -0.1) is 0 Å². The Morgan fingerprint density at radius 2 is 1.94 bits per heavy atom. The third-order valence-corrected chi connectivity index (χ3v) is 2.94. The largest absolute Gasteiger partial charge is 0.352 e. The van der Waals surface area contributed by atoms with Crippen LogP contribution in [-0.4, -0.2) is 44.0 Å². The summed E-state index contributed by atoms with van der Waals surface area (Å²) in [6.45, 7) is 9.47. The summed E-state index contributed by atoms with van der Waals surface area (Å²) in [5.74, 6) is 0.347. The van der Waals surface area contributed by atoms with Gasteiger partial charge < -0.3 is 16.0 Å². The van der Waals surface area contributed by atoms with E-state index in [1.807, 2.05) is 26.8 Å². The summed E-state index contributed by atoms with van der Waals surface area (Å²) < 4.78 is 0. The zero-order valence-electron chi connectivity index (χ0n) is 12.3. The maximum absolute atomic E-state index is 11.8. The highest BCUT2D eigenvalue weighted by Crippen LogP contribution is 2.08. The van der Waals surface area contributed by atoms with Gasteiger partial charge in [-0.1, -0.05) is 19.9 Å². The number of allylic oxidation sites excluding steroid dienone is 1. The minimum Gasteiger partial charge on any atom is -0.352 e. The molecule has 0 fully saturated rings. The molecule has 3 N–H and O–H groups in total. The molecule has 0 atom stereocenters. The predicted molar refractivity (Wildman–Crippen MR) is 77.4 cm³/mol. The number of nitrogens with one attached hydrogen (secondary N) is 1. The molecule has 0 aromatic rings. The fourth-order valence-electron chi connectivity index (χ4n) is 1.85. The van der Waals surface area contributed by atoms with E-state index in [1.165, 1.54) is 0 Å². The van der Waals surface area contributed by atoms with Crippen LogP contribution in [0, 0.1) is 5.92 Å². The molecule has 0 aliphatic heterocycles. The van der Waals surface area contributed by atoms with Gasteiger partial charge in [0, 0.05) is 12.1 Å². The van der Waals surface area contributed by atoms with Crippen molar-refractivity contribution < 1.29 is 4.79 Å². The highest BCUT2D eigenvalue weighted by Gasteiger charge is 2.11. The molecule has 0 spiro atoms. The molecule has 0 aliphatic rings. The lowest BCUT2D eigenvalue weighted by molar-refractivity contribution is -0.117. The number of amides is 1. The van der Waals surface area contributed by atoms with E-state index in [0.717, 1.165) is 44.6 Å². The van der Waals surface area contributed by atoms with Gasteiger partial charge in [0.2, 0.25) is 5.91 Å². The summed E-state index contributed by atoms with van der Waals surface area (Å²) in [6, 6.07) is 0. The zero-order valence-corrected chi connectivity index (χ0v) is 12.3. The Bertz CT molecular complexity index is 262. The average molecular weight is 255 g/mol. The summed E-state index contributed by atoms with van der Waals surface area (Å²) in [7, 11) is 2.09. The van der Waals surface area contributed by atoms with Crippen molar-refractivity contribution in [2.45, 2.75) is 33.6 Å². The second-order valence-electron chi connectivity index (χ2n) is 4.95. The molecule has 4 nitrogen and oxygen atoms in total. The molecular formula is C14H29N3O. The second-order valence-corrected chi connectivity index (χ2v) is 4.95. The van der Waals surface area contributed by atoms with Crippen molar-refractivity contribution in [1.29, 1.82) is 0 Å². The molecule has 0 rings (SSSR count). The second kappa shape index (κ2) is 10.1. The molecule has 0 heterocycles. The highest BCUT2D eigenvalue weighted by atomic mass is 16.1. The minimum absolute atomic E-state index is 0.0668. The van der Waals surface area contributed by atoms with E-state index in [2.05, 4.69) is 17.3 Å². The van der Waals surface area contributed by atoms with Gasteiger partial charge in [0.1, 0.15) is 0 Å². The van der Waals surface area contributed by atoms with Gasteiger partial charge in [0.15, 0.2) is 0 Å². The number of nitrogens with two attached hydrogens (primary N) is 1. The number of hydrogen-bond acceptors (Lipinski definition) is 3. The van der Waals surface area contributed by atoms with Crippen molar-refractivity contribution in [3.8, 4) is 0 Å². The maximum Gasteiger partial charge on any atom is 0.247 e. The Balaban J connectivity index is 3.75. The standard InChI is InChI=1S/C14H29N3O/c1-5-13(12(2)3)14(18)16-9-7-11-17(4)10-6-8-15/h5,12H,6-11,15H2,1-4H3,(H,16,18). The van der Waals surface area contributed by atoms with Crippen LogP contribution >= 0.6 is 0 Å². The van der Waals surface area contributed by atoms with E-state index in [4.69, 9.17) is 5.73 Å². The van der Waals surface area contributed by atoms with Crippen LogP contribution < -0.4 is 11.1 Å². The van der Waals surface area contributed by atoms with Crippen LogP contribution in [0.1, 0.15) is 33.6 Å². The van der Waals surface area contributed by atoms with Crippen molar-refractivity contribution in [2.24, 2.45) is 11.7 Å². The Morgan fingerprint density at radius 3 is 2.44 bits per heavy atom. The van der Waals surface area contributed by atoms with E-state index in [-0.39, 0.29) is 11.8 Å². The Hall–Kier alpha value is -0.870. The van der Waals surface area contributed by atoms with Crippen LogP contribution in [0.25, 0.3) is 0 Å². The predicted octanol–water partition coefficient (Wildman–Crippen LogP) is 1.38. The third-order valence-electron chi connectivity index (χ3n) is 2.94. The van der Waals surface area contributed by atoms with Crippen LogP contribution in [0.3, 0.4) is 0 Å². The van der Waals surface area contributed by atoms with Crippen molar-refractivity contribution in [3.05, 3.63) is 11.6 Å². The van der Waals surface area contributed by atoms with E-state index in [1.54, 1.807) is 0 Å². The van der Waals surface area contributed by atoms with Crippen molar-refractivity contribution in [1.82, 2.24) is 10.2 Å². The molecule has 0 aliphatic carbocycles. The molecule has 0 bridgehead atoms. The first-order chi connectivity index (χ1) is 8.52. The summed E-state index contributed by atoms with van der Waals surface area (Å²) in [6.07, 6.45) is 3.90. The van der Waals surface area contributed by atoms with Crippen LogP contribution in [0.2, 0.25) is 0 Å². The van der Waals surface area contributed by atoms with Gasteiger partial charge in [0.25, 0.3) is 0 Å². The first-order valence-corrected chi connectivity index (χ1v) is 6.85. The fourth-order valence-corrected chi connectivity index (χ4v) is 1.85. The molecule has 4 heteroatoms. The molecule has 0 aromatic heterocycles. The van der Waals surface area contributed by atoms with Gasteiger partial charge in [0.05, 0.1) is 0 Å². The van der Waals surface area contributed by atoms with Crippen LogP contribution in [0.5, 0.6) is 0 Å². The third kappa shape index (κ3) is 7.45. The Kier molecular flexibility index (Phi) is 9.60. The lowest BCUT2D eigenvalue weighted by Crippen LogP contribution is -2.31. The lowest BCUT2D eigenvalue weighted by Gasteiger charge is -2.16. The number of hydrogen-bond donors (Lipinski definition) is 2. The Labute approximate surface area is 112 Å². The molecule has 18 heavy (non-hydrogen) atoms. The fraction of sp³-hybridized carbons (Fsp3) is 0.786. The van der Waals surface area contributed by atoms with Crippen molar-refractivity contribution in [3.63, 3.8) is 0 Å². The monoisotopic (exact) mass is 255 g/mol. The quantitative estimate of drug-likeness (QED) is 0.483. The van der Waals surface area contributed by atoms with Crippen LogP contribution in [0.4, 0.5) is 0 Å². The van der Waals surface area contributed by atoms with E-state index >= 15 is 0 Å². The SMILES string of the molecule is CC=C(C(=O)NCCCN(C)CCCN)C(C)C. The van der Waals surface area contributed by atoms with Gasteiger partial charge in [-0.3, -0.25) is 4.79 Å². The summed E-state index contributed by atoms with van der Waals surface area (Å²) >= 11 is 0. The normalized spacial score (nSPS) is 12.3. The first-order valence-electron chi connectivity index (χ1n) is 6.85. The van der Waals surface area contributed by atoms with Gasteiger partial charge in [-0.25, -0.2) is 0 Å². The average Bonchev–Trinajstić information content (AvgIpc) is 2.32. The molecule has 0 aromatic carbocycles. The first kappa shape index (κ1) is 17.1. The van der Waals surface area contributed by atoms with Crippen molar-refractivity contribution in [2.75, 3.05) is 33.2 Å². The summed E-state index contributed by atoms with van der Waals surface area (Å²) in [5, 5.41) is 2.97. The molecule has 0 saturated heterocycles. The van der Waals surface area contributed by atoms with Crippen LogP contribution in [0.15, 0.2) is 11.6 Å². The lowest BCUT2D eigenvalue weighted by atomic mass is 10.0. The molecule has 0 unspecified atom stereocenters. The number of rotatable bonds is 9. The van der Waals surface area contributed by atoms with E-state index in [9.17, 15) is 4.79 Å². The van der Waals surface area contributed by atoms with E-state index < -0.39 is 0 Å². The highest BCUT2D eigenvalue weighted by molar-refractivity contribution is 5.93. The topological polar surface area (TPSA) is 58.4 Å². The van der Waals surface area contributed by atoms with Gasteiger partial charge >= 0.3 is 0 Å². The van der Waals surface area contributed by atoms with E-state index in [0.29, 0.717) is 0 Å². The maximum atomic E-state index is 11.8. The smallest absolute Gasteiger partial charge is 0.247 e. The van der Waals surface area contributed by atoms with Gasteiger partial charge in [-0.2, -0.15) is 0 Å². The van der Waals surface area contributed by atoms with Crippen molar-refractivity contribution >= 4 is 5.91 Å². The molecular weight excluding hydrogens is 226 g/mol. The zero-order chi connectivity index (χ0) is 14.0.